The number of carbonyl (C=O) groups excluding carboxylic acids is 1. The molecular weight excluding hydrogens is 332 g/mol. The van der Waals surface area contributed by atoms with Gasteiger partial charge >= 0.3 is 0 Å². The summed E-state index contributed by atoms with van der Waals surface area (Å²) in [6.07, 6.45) is 1.54. The number of hydrogen-bond donors (Lipinski definition) is 1. The van der Waals surface area contributed by atoms with Crippen LogP contribution in [-0.2, 0) is 4.79 Å². The summed E-state index contributed by atoms with van der Waals surface area (Å²) in [6.45, 7) is 12.0. The number of carbonyl (C=O) groups is 1. The molecule has 1 aromatic heterocycles. The fourth-order valence-electron chi connectivity index (χ4n) is 3.33. The number of benzene rings is 1. The average Bonchev–Trinajstić information content (AvgIpc) is 3.00. The number of rotatable bonds is 6. The Labute approximate surface area is 154 Å². The number of amides is 1. The Morgan fingerprint density at radius 1 is 1.24 bits per heavy atom. The Bertz CT molecular complexity index is 734. The molecule has 0 unspecified atom stereocenters. The number of aryl methyl sites for hydroxylation is 2. The normalized spacial score (nSPS) is 15.7. The summed E-state index contributed by atoms with van der Waals surface area (Å²) in [5.41, 5.74) is 3.71. The first-order chi connectivity index (χ1) is 12.1. The summed E-state index contributed by atoms with van der Waals surface area (Å²) < 4.78 is 1.29. The molecule has 5 nitrogen and oxygen atoms in total. The van der Waals surface area contributed by atoms with Crippen LogP contribution in [-0.4, -0.2) is 55.1 Å². The average molecular weight is 361 g/mol. The smallest absolute Gasteiger partial charge is 0.220 e. The van der Waals surface area contributed by atoms with E-state index in [-0.39, 0.29) is 5.91 Å². The fraction of sp³-hybridized carbons (Fsp3) is 0.579. The van der Waals surface area contributed by atoms with E-state index in [1.165, 1.54) is 15.8 Å². The largest absolute Gasteiger partial charge is 0.355 e. The highest BCUT2D eigenvalue weighted by atomic mass is 32.1. The van der Waals surface area contributed by atoms with Crippen molar-refractivity contribution in [2.75, 3.05) is 44.2 Å². The van der Waals surface area contributed by atoms with Gasteiger partial charge in [-0.1, -0.05) is 24.3 Å². The molecule has 2 aromatic rings. The molecule has 0 spiro atoms. The molecule has 0 aliphatic carbocycles. The summed E-state index contributed by atoms with van der Waals surface area (Å²) in [4.78, 5) is 21.2. The number of nitrogens with zero attached hydrogens (tertiary/aromatic N) is 3. The number of fused-ring (bicyclic) bond motifs is 1. The van der Waals surface area contributed by atoms with Crippen molar-refractivity contribution in [2.45, 2.75) is 33.6 Å². The molecule has 136 valence electrons. The lowest BCUT2D eigenvalue weighted by Gasteiger charge is -2.34. The Kier molecular flexibility index (Phi) is 5.91. The van der Waals surface area contributed by atoms with E-state index in [1.807, 2.05) is 6.92 Å². The SMILES string of the molecule is CCCC(=O)NCCN1CCN(c2nc3c(C)cc(C)cc3s2)CC1. The molecule has 1 fully saturated rings. The van der Waals surface area contributed by atoms with Crippen molar-refractivity contribution in [3.63, 3.8) is 0 Å². The predicted molar refractivity (Wildman–Crippen MR) is 106 cm³/mol. The first kappa shape index (κ1) is 18.1. The van der Waals surface area contributed by atoms with Gasteiger partial charge in [0.1, 0.15) is 0 Å². The van der Waals surface area contributed by atoms with Gasteiger partial charge in [-0.05, 0) is 37.5 Å². The van der Waals surface area contributed by atoms with Crippen LogP contribution in [0.25, 0.3) is 10.2 Å². The minimum atomic E-state index is 0.168. The van der Waals surface area contributed by atoms with Crippen molar-refractivity contribution in [2.24, 2.45) is 0 Å². The predicted octanol–water partition coefficient (Wildman–Crippen LogP) is 2.95. The van der Waals surface area contributed by atoms with Crippen molar-refractivity contribution < 1.29 is 4.79 Å². The maximum Gasteiger partial charge on any atom is 0.220 e. The standard InChI is InChI=1S/C19H28N4OS/c1-4-5-17(24)20-6-7-22-8-10-23(11-9-22)19-21-18-15(3)12-14(2)13-16(18)25-19/h12-13H,4-11H2,1-3H3,(H,20,24). The number of aromatic nitrogens is 1. The van der Waals surface area contributed by atoms with Crippen LogP contribution in [0.4, 0.5) is 5.13 Å². The Balaban J connectivity index is 1.52. The van der Waals surface area contributed by atoms with E-state index in [4.69, 9.17) is 4.98 Å². The summed E-state index contributed by atoms with van der Waals surface area (Å²) in [5.74, 6) is 0.168. The zero-order valence-corrected chi connectivity index (χ0v) is 16.3. The van der Waals surface area contributed by atoms with Gasteiger partial charge in [-0.3, -0.25) is 9.69 Å². The Morgan fingerprint density at radius 3 is 2.72 bits per heavy atom. The summed E-state index contributed by atoms with van der Waals surface area (Å²) in [6, 6.07) is 4.44. The van der Waals surface area contributed by atoms with Crippen molar-refractivity contribution in [1.82, 2.24) is 15.2 Å². The summed E-state index contributed by atoms with van der Waals surface area (Å²) >= 11 is 1.80. The van der Waals surface area contributed by atoms with E-state index in [2.05, 4.69) is 41.1 Å². The van der Waals surface area contributed by atoms with Gasteiger partial charge in [0.05, 0.1) is 10.2 Å². The van der Waals surface area contributed by atoms with E-state index in [1.54, 1.807) is 11.3 Å². The molecule has 0 atom stereocenters. The molecule has 25 heavy (non-hydrogen) atoms. The van der Waals surface area contributed by atoms with Crippen LogP contribution >= 0.6 is 11.3 Å². The van der Waals surface area contributed by atoms with Gasteiger partial charge in [-0.25, -0.2) is 4.98 Å². The second-order valence-corrected chi connectivity index (χ2v) is 7.86. The third kappa shape index (κ3) is 4.50. The monoisotopic (exact) mass is 360 g/mol. The molecule has 0 saturated carbocycles. The molecule has 0 radical (unpaired) electrons. The molecule has 6 heteroatoms. The zero-order valence-electron chi connectivity index (χ0n) is 15.5. The highest BCUT2D eigenvalue weighted by molar-refractivity contribution is 7.22. The number of anilines is 1. The first-order valence-electron chi connectivity index (χ1n) is 9.18. The molecule has 1 saturated heterocycles. The van der Waals surface area contributed by atoms with Crippen LogP contribution in [0.1, 0.15) is 30.9 Å². The van der Waals surface area contributed by atoms with Crippen molar-refractivity contribution in [3.8, 4) is 0 Å². The van der Waals surface area contributed by atoms with E-state index >= 15 is 0 Å². The Hall–Kier alpha value is -1.66. The van der Waals surface area contributed by atoms with Crippen molar-refractivity contribution in [3.05, 3.63) is 23.3 Å². The van der Waals surface area contributed by atoms with E-state index in [0.717, 1.165) is 56.3 Å². The molecule has 1 amide bonds. The van der Waals surface area contributed by atoms with Crippen LogP contribution in [0.15, 0.2) is 12.1 Å². The molecule has 1 aliphatic heterocycles. The van der Waals surface area contributed by atoms with Crippen LogP contribution < -0.4 is 10.2 Å². The molecule has 3 rings (SSSR count). The lowest BCUT2D eigenvalue weighted by Crippen LogP contribution is -2.48. The van der Waals surface area contributed by atoms with Crippen LogP contribution in [0.2, 0.25) is 0 Å². The van der Waals surface area contributed by atoms with E-state index in [9.17, 15) is 4.79 Å². The highest BCUT2D eigenvalue weighted by Gasteiger charge is 2.20. The molecule has 1 N–H and O–H groups in total. The van der Waals surface area contributed by atoms with Gasteiger partial charge in [-0.2, -0.15) is 0 Å². The molecular formula is C19H28N4OS. The second-order valence-electron chi connectivity index (χ2n) is 6.85. The second kappa shape index (κ2) is 8.15. The van der Waals surface area contributed by atoms with Gasteiger partial charge in [0.2, 0.25) is 5.91 Å². The van der Waals surface area contributed by atoms with Gasteiger partial charge in [0, 0.05) is 45.7 Å². The molecule has 0 bridgehead atoms. The third-order valence-corrected chi connectivity index (χ3v) is 5.75. The molecule has 1 aromatic carbocycles. The van der Waals surface area contributed by atoms with Gasteiger partial charge in [0.25, 0.3) is 0 Å². The van der Waals surface area contributed by atoms with Gasteiger partial charge in [-0.15, -0.1) is 0 Å². The topological polar surface area (TPSA) is 48.5 Å². The minimum Gasteiger partial charge on any atom is -0.355 e. The highest BCUT2D eigenvalue weighted by Crippen LogP contribution is 2.32. The Morgan fingerprint density at radius 2 is 2.00 bits per heavy atom. The van der Waals surface area contributed by atoms with Crippen LogP contribution in [0.5, 0.6) is 0 Å². The molecule has 1 aliphatic rings. The maximum absolute atomic E-state index is 11.5. The fourth-order valence-corrected chi connectivity index (χ4v) is 4.52. The number of nitrogens with one attached hydrogen (secondary N) is 1. The van der Waals surface area contributed by atoms with Crippen LogP contribution in [0.3, 0.4) is 0 Å². The lowest BCUT2D eigenvalue weighted by molar-refractivity contribution is -0.121. The van der Waals surface area contributed by atoms with Gasteiger partial charge in [0.15, 0.2) is 5.13 Å². The lowest BCUT2D eigenvalue weighted by atomic mass is 10.1. The summed E-state index contributed by atoms with van der Waals surface area (Å²) in [7, 11) is 0. The van der Waals surface area contributed by atoms with Gasteiger partial charge < -0.3 is 10.2 Å². The van der Waals surface area contributed by atoms with Crippen LogP contribution in [0, 0.1) is 13.8 Å². The maximum atomic E-state index is 11.5. The first-order valence-corrected chi connectivity index (χ1v) is 10.00. The van der Waals surface area contributed by atoms with E-state index in [0.29, 0.717) is 6.42 Å². The van der Waals surface area contributed by atoms with E-state index < -0.39 is 0 Å². The van der Waals surface area contributed by atoms with Crippen molar-refractivity contribution >= 4 is 32.6 Å². The minimum absolute atomic E-state index is 0.168. The summed E-state index contributed by atoms with van der Waals surface area (Å²) in [5, 5.41) is 4.14. The number of piperazine rings is 1. The molecule has 2 heterocycles. The number of thiazole rings is 1. The van der Waals surface area contributed by atoms with Crippen molar-refractivity contribution in [1.29, 1.82) is 0 Å². The zero-order chi connectivity index (χ0) is 17.8. The quantitative estimate of drug-likeness (QED) is 0.860. The third-order valence-electron chi connectivity index (χ3n) is 4.69. The number of hydrogen-bond acceptors (Lipinski definition) is 5.